The minimum atomic E-state index is -0.211. The Hall–Kier alpha value is -3.70. The predicted octanol–water partition coefficient (Wildman–Crippen LogP) is 6.87. The van der Waals surface area contributed by atoms with Crippen molar-refractivity contribution in [1.29, 1.82) is 0 Å². The SMILES string of the molecule is COc1cc2occ(-c3ccc(Cl)cc3)c2cc1/C(C)=C/C(=O)Nc1ccc(N(C)C)cc1. The van der Waals surface area contributed by atoms with Gasteiger partial charge in [0.1, 0.15) is 11.3 Å². The minimum Gasteiger partial charge on any atom is -0.496 e. The van der Waals surface area contributed by atoms with Crippen molar-refractivity contribution < 1.29 is 13.9 Å². The highest BCUT2D eigenvalue weighted by Crippen LogP contribution is 2.37. The van der Waals surface area contributed by atoms with E-state index in [0.29, 0.717) is 16.4 Å². The monoisotopic (exact) mass is 460 g/mol. The smallest absolute Gasteiger partial charge is 0.248 e. The maximum atomic E-state index is 12.7. The molecule has 0 aliphatic heterocycles. The number of halogens is 1. The molecule has 6 heteroatoms. The number of hydrogen-bond acceptors (Lipinski definition) is 4. The van der Waals surface area contributed by atoms with Gasteiger partial charge in [-0.1, -0.05) is 23.7 Å². The van der Waals surface area contributed by atoms with Gasteiger partial charge in [-0.05, 0) is 60.5 Å². The fourth-order valence-corrected chi connectivity index (χ4v) is 3.81. The van der Waals surface area contributed by atoms with E-state index in [1.165, 1.54) is 0 Å². The van der Waals surface area contributed by atoms with Crippen LogP contribution in [-0.2, 0) is 4.79 Å². The van der Waals surface area contributed by atoms with Gasteiger partial charge in [-0.25, -0.2) is 0 Å². The summed E-state index contributed by atoms with van der Waals surface area (Å²) in [5.41, 5.74) is 6.04. The summed E-state index contributed by atoms with van der Waals surface area (Å²) in [7, 11) is 5.55. The van der Waals surface area contributed by atoms with E-state index in [2.05, 4.69) is 5.32 Å². The van der Waals surface area contributed by atoms with Gasteiger partial charge in [0.2, 0.25) is 5.91 Å². The summed E-state index contributed by atoms with van der Waals surface area (Å²) in [5.74, 6) is 0.425. The zero-order valence-electron chi connectivity index (χ0n) is 19.0. The number of methoxy groups -OCH3 is 1. The van der Waals surface area contributed by atoms with Crippen molar-refractivity contribution in [3.8, 4) is 16.9 Å². The average molecular weight is 461 g/mol. The van der Waals surface area contributed by atoms with Gasteiger partial charge < -0.3 is 19.4 Å². The van der Waals surface area contributed by atoms with Gasteiger partial charge >= 0.3 is 0 Å². The molecule has 3 aromatic carbocycles. The lowest BCUT2D eigenvalue weighted by molar-refractivity contribution is -0.111. The molecule has 0 radical (unpaired) electrons. The van der Waals surface area contributed by atoms with E-state index < -0.39 is 0 Å². The molecular weight excluding hydrogens is 436 g/mol. The number of ether oxygens (including phenoxy) is 1. The minimum absolute atomic E-state index is 0.211. The van der Waals surface area contributed by atoms with Gasteiger partial charge in [0.25, 0.3) is 0 Å². The van der Waals surface area contributed by atoms with Crippen LogP contribution in [0.3, 0.4) is 0 Å². The van der Waals surface area contributed by atoms with Gasteiger partial charge in [-0.2, -0.15) is 0 Å². The highest BCUT2D eigenvalue weighted by Gasteiger charge is 2.15. The highest BCUT2D eigenvalue weighted by atomic mass is 35.5. The summed E-state index contributed by atoms with van der Waals surface area (Å²) < 4.78 is 11.4. The first-order valence-electron chi connectivity index (χ1n) is 10.5. The van der Waals surface area contributed by atoms with Crippen molar-refractivity contribution >= 4 is 45.4 Å². The molecule has 168 valence electrons. The number of rotatable bonds is 6. The van der Waals surface area contributed by atoms with Crippen LogP contribution in [0.4, 0.5) is 11.4 Å². The van der Waals surface area contributed by atoms with Crippen molar-refractivity contribution in [1.82, 2.24) is 0 Å². The van der Waals surface area contributed by atoms with E-state index in [4.69, 9.17) is 20.8 Å². The number of amides is 1. The van der Waals surface area contributed by atoms with Gasteiger partial charge in [-0.15, -0.1) is 0 Å². The molecule has 1 amide bonds. The van der Waals surface area contributed by atoms with Crippen LogP contribution in [0.2, 0.25) is 5.02 Å². The van der Waals surface area contributed by atoms with Crippen LogP contribution < -0.4 is 15.0 Å². The summed E-state index contributed by atoms with van der Waals surface area (Å²) >= 11 is 6.04. The summed E-state index contributed by atoms with van der Waals surface area (Å²) in [4.78, 5) is 14.7. The van der Waals surface area contributed by atoms with Crippen LogP contribution in [0.5, 0.6) is 5.75 Å². The van der Waals surface area contributed by atoms with E-state index in [-0.39, 0.29) is 5.91 Å². The average Bonchev–Trinajstić information content (AvgIpc) is 3.21. The number of nitrogens with one attached hydrogen (secondary N) is 1. The van der Waals surface area contributed by atoms with Gasteiger partial charge in [0, 0.05) is 59.1 Å². The zero-order chi connectivity index (χ0) is 23.5. The Morgan fingerprint density at radius 2 is 1.76 bits per heavy atom. The fourth-order valence-electron chi connectivity index (χ4n) is 3.68. The number of hydrogen-bond donors (Lipinski definition) is 1. The Bertz CT molecular complexity index is 1320. The lowest BCUT2D eigenvalue weighted by Gasteiger charge is -2.13. The molecule has 4 aromatic rings. The lowest BCUT2D eigenvalue weighted by Crippen LogP contribution is -2.10. The second-order valence-electron chi connectivity index (χ2n) is 7.96. The van der Waals surface area contributed by atoms with Gasteiger partial charge in [0.15, 0.2) is 0 Å². The molecule has 4 rings (SSSR count). The first-order chi connectivity index (χ1) is 15.9. The van der Waals surface area contributed by atoms with Crippen molar-refractivity contribution in [3.05, 3.63) is 83.6 Å². The van der Waals surface area contributed by atoms with Crippen LogP contribution >= 0.6 is 11.6 Å². The lowest BCUT2D eigenvalue weighted by atomic mass is 9.99. The Morgan fingerprint density at radius 3 is 2.39 bits per heavy atom. The van der Waals surface area contributed by atoms with Crippen molar-refractivity contribution in [3.63, 3.8) is 0 Å². The maximum absolute atomic E-state index is 12.7. The summed E-state index contributed by atoms with van der Waals surface area (Å²) in [6.07, 6.45) is 3.30. The Kier molecular flexibility index (Phi) is 6.43. The second-order valence-corrected chi connectivity index (χ2v) is 8.40. The number of carbonyl (C=O) groups excluding carboxylic acids is 1. The molecule has 0 bridgehead atoms. The predicted molar refractivity (Wildman–Crippen MR) is 136 cm³/mol. The summed E-state index contributed by atoms with van der Waals surface area (Å²) in [6.45, 7) is 1.89. The van der Waals surface area contributed by atoms with E-state index in [9.17, 15) is 4.79 Å². The molecule has 0 saturated carbocycles. The molecule has 0 aliphatic carbocycles. The van der Waals surface area contributed by atoms with Crippen LogP contribution in [0.25, 0.3) is 27.7 Å². The first kappa shape index (κ1) is 22.5. The number of carbonyl (C=O) groups is 1. The second kappa shape index (κ2) is 9.43. The molecule has 0 spiro atoms. The quantitative estimate of drug-likeness (QED) is 0.319. The van der Waals surface area contributed by atoms with Crippen molar-refractivity contribution in [2.24, 2.45) is 0 Å². The fraction of sp³-hybridized carbons (Fsp3) is 0.148. The molecular formula is C27H25ClN2O3. The van der Waals surface area contributed by atoms with E-state index in [1.54, 1.807) is 19.4 Å². The van der Waals surface area contributed by atoms with E-state index >= 15 is 0 Å². The standard InChI is InChI=1S/C27H25ClN2O3/c1-17(13-27(31)29-20-9-11-21(12-10-20)30(2)3)22-14-23-24(18-5-7-19(28)8-6-18)16-33-26(23)15-25(22)32-4/h5-16H,1-4H3,(H,29,31)/b17-13+. The zero-order valence-corrected chi connectivity index (χ0v) is 19.7. The van der Waals surface area contributed by atoms with Crippen LogP contribution in [0.1, 0.15) is 12.5 Å². The van der Waals surface area contributed by atoms with E-state index in [1.807, 2.05) is 86.6 Å². The van der Waals surface area contributed by atoms with Crippen molar-refractivity contribution in [2.45, 2.75) is 6.92 Å². The third-order valence-corrected chi connectivity index (χ3v) is 5.73. The topological polar surface area (TPSA) is 54.7 Å². The molecule has 0 atom stereocenters. The summed E-state index contributed by atoms with van der Waals surface area (Å²) in [6, 6.07) is 19.1. The molecule has 0 saturated heterocycles. The number of furan rings is 1. The third kappa shape index (κ3) is 4.89. The Balaban J connectivity index is 1.65. The van der Waals surface area contributed by atoms with Crippen molar-refractivity contribution in [2.75, 3.05) is 31.4 Å². The molecule has 0 unspecified atom stereocenters. The number of anilines is 2. The van der Waals surface area contributed by atoms with E-state index in [0.717, 1.165) is 39.0 Å². The Morgan fingerprint density at radius 1 is 1.06 bits per heavy atom. The molecule has 5 nitrogen and oxygen atoms in total. The molecule has 1 heterocycles. The molecule has 0 fully saturated rings. The Labute approximate surface area is 198 Å². The number of fused-ring (bicyclic) bond motifs is 1. The number of allylic oxidation sites excluding steroid dienone is 1. The largest absolute Gasteiger partial charge is 0.496 e. The highest BCUT2D eigenvalue weighted by molar-refractivity contribution is 6.30. The molecule has 1 aromatic heterocycles. The van der Waals surface area contributed by atoms with Crippen LogP contribution in [0, 0.1) is 0 Å². The van der Waals surface area contributed by atoms with Gasteiger partial charge in [-0.3, -0.25) is 4.79 Å². The summed E-state index contributed by atoms with van der Waals surface area (Å²) in [5, 5.41) is 4.52. The number of benzene rings is 3. The van der Waals surface area contributed by atoms with Gasteiger partial charge in [0.05, 0.1) is 13.4 Å². The first-order valence-corrected chi connectivity index (χ1v) is 10.9. The van der Waals surface area contributed by atoms with Crippen LogP contribution in [0.15, 0.2) is 77.4 Å². The third-order valence-electron chi connectivity index (χ3n) is 5.47. The van der Waals surface area contributed by atoms with Crippen LogP contribution in [-0.4, -0.2) is 27.1 Å². The maximum Gasteiger partial charge on any atom is 0.248 e. The molecule has 0 aliphatic rings. The molecule has 1 N–H and O–H groups in total. The normalized spacial score (nSPS) is 11.5. The molecule has 33 heavy (non-hydrogen) atoms. The number of nitrogens with zero attached hydrogens (tertiary/aromatic N) is 1.